The Balaban J connectivity index is 1.31. The third-order valence-electron chi connectivity index (χ3n) is 9.99. The van der Waals surface area contributed by atoms with E-state index in [9.17, 15) is 0 Å². The first kappa shape index (κ1) is 24.8. The van der Waals surface area contributed by atoms with E-state index in [2.05, 4.69) is 139 Å². The van der Waals surface area contributed by atoms with Crippen LogP contribution in [0.5, 0.6) is 0 Å². The standard InChI is InChI=1S/C41H29N3O/c1-41(2)31-18-8-5-15-27(31)37-38(29-17-11-21-35-36(29)28-16-7-10-20-34(28)45-35)42-40(43-39(37)41)44-32-19-9-6-14-26(32)30-22-24-12-3-4-13-25(24)23-33(30)44/h3-23,40,43H,1-2H3. The molecule has 3 heterocycles. The number of hydrogen-bond acceptors (Lipinski definition) is 3. The molecule has 10 rings (SSSR count). The lowest BCUT2D eigenvalue weighted by molar-refractivity contribution is 0.438. The van der Waals surface area contributed by atoms with E-state index < -0.39 is 0 Å². The summed E-state index contributed by atoms with van der Waals surface area (Å²) < 4.78 is 8.77. The van der Waals surface area contributed by atoms with Crippen LogP contribution in [-0.4, -0.2) is 10.3 Å². The van der Waals surface area contributed by atoms with Crippen molar-refractivity contribution in [2.24, 2.45) is 4.99 Å². The van der Waals surface area contributed by atoms with Gasteiger partial charge in [-0.1, -0.05) is 111 Å². The van der Waals surface area contributed by atoms with E-state index in [1.165, 1.54) is 49.5 Å². The van der Waals surface area contributed by atoms with Gasteiger partial charge in [-0.2, -0.15) is 0 Å². The first-order chi connectivity index (χ1) is 22.1. The topological polar surface area (TPSA) is 42.5 Å². The molecule has 1 aliphatic heterocycles. The fourth-order valence-corrected chi connectivity index (χ4v) is 7.92. The van der Waals surface area contributed by atoms with Crippen molar-refractivity contribution in [3.63, 3.8) is 0 Å². The average molecular weight is 580 g/mol. The normalized spacial score (nSPS) is 17.3. The number of hydrogen-bond donors (Lipinski definition) is 1. The molecule has 1 N–H and O–H groups in total. The number of allylic oxidation sites excluding steroid dienone is 2. The number of aliphatic imine (C=N–C) groups is 1. The van der Waals surface area contributed by atoms with Crippen molar-refractivity contribution in [1.29, 1.82) is 0 Å². The molecule has 2 aliphatic rings. The van der Waals surface area contributed by atoms with E-state index in [1.807, 2.05) is 12.1 Å². The van der Waals surface area contributed by atoms with Gasteiger partial charge in [-0.15, -0.1) is 0 Å². The maximum atomic E-state index is 6.37. The summed E-state index contributed by atoms with van der Waals surface area (Å²) in [5, 5.41) is 11.1. The molecule has 0 saturated carbocycles. The zero-order valence-corrected chi connectivity index (χ0v) is 25.0. The van der Waals surface area contributed by atoms with Crippen molar-refractivity contribution in [3.05, 3.63) is 150 Å². The lowest BCUT2D eigenvalue weighted by Crippen LogP contribution is -2.36. The molecule has 0 bridgehead atoms. The Kier molecular flexibility index (Phi) is 4.81. The van der Waals surface area contributed by atoms with Gasteiger partial charge in [0.25, 0.3) is 0 Å². The molecule has 0 amide bonds. The van der Waals surface area contributed by atoms with Gasteiger partial charge in [0.05, 0.1) is 16.7 Å². The Morgan fingerprint density at radius 1 is 0.644 bits per heavy atom. The van der Waals surface area contributed by atoms with Crippen LogP contribution in [0.15, 0.2) is 143 Å². The number of nitrogens with one attached hydrogen (secondary N) is 1. The Hall–Kier alpha value is -5.61. The fraction of sp³-hybridized carbons (Fsp3) is 0.0976. The third kappa shape index (κ3) is 3.29. The number of para-hydroxylation sites is 2. The van der Waals surface area contributed by atoms with Gasteiger partial charge >= 0.3 is 0 Å². The predicted molar refractivity (Wildman–Crippen MR) is 186 cm³/mol. The van der Waals surface area contributed by atoms with Crippen LogP contribution < -0.4 is 5.32 Å². The summed E-state index contributed by atoms with van der Waals surface area (Å²) in [6, 6.07) is 45.5. The smallest absolute Gasteiger partial charge is 0.201 e. The Bertz CT molecular complexity index is 2610. The second-order valence-electron chi connectivity index (χ2n) is 12.8. The minimum Gasteiger partial charge on any atom is -0.456 e. The largest absolute Gasteiger partial charge is 0.456 e. The summed E-state index contributed by atoms with van der Waals surface area (Å²) in [7, 11) is 0. The molecule has 6 aromatic carbocycles. The highest BCUT2D eigenvalue weighted by atomic mass is 16.3. The zero-order chi connectivity index (χ0) is 29.9. The molecule has 0 spiro atoms. The molecule has 45 heavy (non-hydrogen) atoms. The summed E-state index contributed by atoms with van der Waals surface area (Å²) in [5.41, 5.74) is 10.9. The van der Waals surface area contributed by atoms with Crippen molar-refractivity contribution >= 4 is 65.8 Å². The molecule has 4 nitrogen and oxygen atoms in total. The first-order valence-electron chi connectivity index (χ1n) is 15.6. The summed E-state index contributed by atoms with van der Waals surface area (Å²) in [5.74, 6) is 0. The lowest BCUT2D eigenvalue weighted by atomic mass is 9.84. The summed E-state index contributed by atoms with van der Waals surface area (Å²) >= 11 is 0. The van der Waals surface area contributed by atoms with Crippen LogP contribution in [0.25, 0.3) is 60.1 Å². The van der Waals surface area contributed by atoms with E-state index in [1.54, 1.807) is 0 Å². The molecule has 4 heteroatoms. The van der Waals surface area contributed by atoms with Crippen LogP contribution in [0.3, 0.4) is 0 Å². The van der Waals surface area contributed by atoms with Crippen LogP contribution in [0, 0.1) is 0 Å². The average Bonchev–Trinajstić information content (AvgIpc) is 3.69. The van der Waals surface area contributed by atoms with Crippen LogP contribution in [0.4, 0.5) is 0 Å². The molecule has 0 saturated heterocycles. The quantitative estimate of drug-likeness (QED) is 0.221. The van der Waals surface area contributed by atoms with E-state index in [0.29, 0.717) is 0 Å². The molecule has 214 valence electrons. The molecule has 0 radical (unpaired) electrons. The maximum absolute atomic E-state index is 6.37. The molecule has 1 aliphatic carbocycles. The van der Waals surface area contributed by atoms with E-state index in [4.69, 9.17) is 9.41 Å². The predicted octanol–water partition coefficient (Wildman–Crippen LogP) is 10.1. The van der Waals surface area contributed by atoms with E-state index in [-0.39, 0.29) is 11.7 Å². The number of furan rings is 1. The van der Waals surface area contributed by atoms with Crippen LogP contribution in [0.1, 0.15) is 36.8 Å². The first-order valence-corrected chi connectivity index (χ1v) is 15.6. The number of aromatic nitrogens is 1. The van der Waals surface area contributed by atoms with Crippen molar-refractivity contribution in [2.75, 3.05) is 0 Å². The molecular formula is C41H29N3O. The van der Waals surface area contributed by atoms with Crippen molar-refractivity contribution in [1.82, 2.24) is 9.88 Å². The molecule has 0 fully saturated rings. The number of fused-ring (bicyclic) bond motifs is 9. The fourth-order valence-electron chi connectivity index (χ4n) is 7.92. The lowest BCUT2D eigenvalue weighted by Gasteiger charge is -2.33. The Morgan fingerprint density at radius 3 is 2.22 bits per heavy atom. The van der Waals surface area contributed by atoms with Gasteiger partial charge in [0, 0.05) is 43.8 Å². The van der Waals surface area contributed by atoms with Gasteiger partial charge in [-0.25, -0.2) is 4.99 Å². The van der Waals surface area contributed by atoms with Crippen molar-refractivity contribution in [3.8, 4) is 0 Å². The Labute approximate surface area is 259 Å². The highest BCUT2D eigenvalue weighted by Gasteiger charge is 2.43. The second kappa shape index (κ2) is 8.73. The molecular weight excluding hydrogens is 550 g/mol. The van der Waals surface area contributed by atoms with Crippen LogP contribution >= 0.6 is 0 Å². The zero-order valence-electron chi connectivity index (χ0n) is 25.0. The summed E-state index contributed by atoms with van der Waals surface area (Å²) in [6.07, 6.45) is -0.357. The van der Waals surface area contributed by atoms with E-state index in [0.717, 1.165) is 38.7 Å². The summed E-state index contributed by atoms with van der Waals surface area (Å²) in [6.45, 7) is 4.66. The SMILES string of the molecule is CC1(C)C2=C(C(c3cccc4oc5ccccc5c34)=NC(n3c4ccccc4c4cc5ccccc5cc43)N2)c2ccccc21. The monoisotopic (exact) mass is 579 g/mol. The van der Waals surface area contributed by atoms with Gasteiger partial charge < -0.3 is 14.3 Å². The molecule has 2 aromatic heterocycles. The minimum absolute atomic E-state index is 0.233. The van der Waals surface area contributed by atoms with Gasteiger partial charge in [-0.05, 0) is 52.2 Å². The van der Waals surface area contributed by atoms with Crippen LogP contribution in [-0.2, 0) is 5.41 Å². The highest BCUT2D eigenvalue weighted by Crippen LogP contribution is 2.50. The summed E-state index contributed by atoms with van der Waals surface area (Å²) in [4.78, 5) is 5.69. The van der Waals surface area contributed by atoms with Gasteiger partial charge in [0.2, 0.25) is 6.29 Å². The van der Waals surface area contributed by atoms with Gasteiger partial charge in [-0.3, -0.25) is 0 Å². The number of rotatable bonds is 2. The minimum atomic E-state index is -0.357. The van der Waals surface area contributed by atoms with Gasteiger partial charge in [0.15, 0.2) is 0 Å². The van der Waals surface area contributed by atoms with E-state index >= 15 is 0 Å². The molecule has 8 aromatic rings. The van der Waals surface area contributed by atoms with Gasteiger partial charge in [0.1, 0.15) is 11.2 Å². The highest BCUT2D eigenvalue weighted by molar-refractivity contribution is 6.38. The Morgan fingerprint density at radius 2 is 1.33 bits per heavy atom. The van der Waals surface area contributed by atoms with Crippen LogP contribution in [0.2, 0.25) is 0 Å². The second-order valence-corrected chi connectivity index (χ2v) is 12.8. The third-order valence-corrected chi connectivity index (χ3v) is 9.99. The maximum Gasteiger partial charge on any atom is 0.201 e. The molecule has 1 unspecified atom stereocenters. The van der Waals surface area contributed by atoms with Crippen molar-refractivity contribution in [2.45, 2.75) is 25.6 Å². The number of benzene rings is 6. The molecule has 1 atom stereocenters. The van der Waals surface area contributed by atoms with Crippen molar-refractivity contribution < 1.29 is 4.42 Å². The number of nitrogens with zero attached hydrogens (tertiary/aromatic N) is 2.